The minimum Gasteiger partial charge on any atom is -0.423 e. The van der Waals surface area contributed by atoms with Gasteiger partial charge in [0, 0.05) is 44.4 Å². The lowest BCUT2D eigenvalue weighted by molar-refractivity contribution is -0.134. The summed E-state index contributed by atoms with van der Waals surface area (Å²) in [5, 5.41) is 3.11. The van der Waals surface area contributed by atoms with Gasteiger partial charge >= 0.3 is 6.09 Å². The molecule has 4 rings (SSSR count). The number of pyridine rings is 1. The van der Waals surface area contributed by atoms with Crippen LogP contribution in [0.4, 0.5) is 20.7 Å². The van der Waals surface area contributed by atoms with Crippen LogP contribution in [0.1, 0.15) is 19.8 Å². The van der Waals surface area contributed by atoms with Crippen LogP contribution in [0.3, 0.4) is 0 Å². The molecule has 0 aliphatic carbocycles. The monoisotopic (exact) mass is 441 g/mol. The van der Waals surface area contributed by atoms with Crippen molar-refractivity contribution in [2.45, 2.75) is 32.0 Å². The number of carbonyl (C=O) groups excluding carboxylic acids is 2. The molecule has 0 saturated carbocycles. The first-order valence-electron chi connectivity index (χ1n) is 10.4. The fourth-order valence-corrected chi connectivity index (χ4v) is 3.90. The van der Waals surface area contributed by atoms with Gasteiger partial charge in [-0.1, -0.05) is 5.18 Å². The minimum absolute atomic E-state index is 0.125. The van der Waals surface area contributed by atoms with Crippen molar-refractivity contribution < 1.29 is 18.7 Å². The molecule has 2 fully saturated rings. The lowest BCUT2D eigenvalue weighted by atomic mass is 10.0. The van der Waals surface area contributed by atoms with Crippen molar-refractivity contribution in [3.63, 3.8) is 0 Å². The molecule has 0 spiro atoms. The molecule has 3 heterocycles. The van der Waals surface area contributed by atoms with Gasteiger partial charge in [-0.15, -0.1) is 0 Å². The maximum atomic E-state index is 14.9. The first-order valence-corrected chi connectivity index (χ1v) is 10.4. The van der Waals surface area contributed by atoms with Gasteiger partial charge in [0.2, 0.25) is 5.91 Å². The summed E-state index contributed by atoms with van der Waals surface area (Å²) in [6.07, 6.45) is 1.66. The normalized spacial score (nSPS) is 19.1. The molecule has 0 bridgehead atoms. The van der Waals surface area contributed by atoms with Crippen LogP contribution in [0.25, 0.3) is 11.1 Å². The number of carbonyl (C=O) groups is 2. The van der Waals surface area contributed by atoms with E-state index in [9.17, 15) is 18.9 Å². The van der Waals surface area contributed by atoms with Crippen molar-refractivity contribution >= 4 is 23.5 Å². The Bertz CT molecular complexity index is 1020. The number of likely N-dealkylation sites (N-methyl/N-ethyl adjacent to an activating group) is 1. The lowest BCUT2D eigenvalue weighted by Gasteiger charge is -2.29. The van der Waals surface area contributed by atoms with E-state index in [4.69, 9.17) is 4.74 Å². The Labute approximate surface area is 184 Å². The summed E-state index contributed by atoms with van der Waals surface area (Å²) in [6.45, 7) is 2.92. The van der Waals surface area contributed by atoms with E-state index in [-0.39, 0.29) is 18.5 Å². The highest BCUT2D eigenvalue weighted by Gasteiger charge is 2.36. The molecule has 1 atom stereocenters. The smallest absolute Gasteiger partial charge is 0.416 e. The molecule has 168 valence electrons. The van der Waals surface area contributed by atoms with Crippen LogP contribution in [-0.2, 0) is 9.53 Å². The number of rotatable bonds is 5. The molecular weight excluding hydrogens is 417 g/mol. The van der Waals surface area contributed by atoms with Gasteiger partial charge in [0.05, 0.1) is 18.3 Å². The lowest BCUT2D eigenvalue weighted by Crippen LogP contribution is -2.38. The number of cyclic esters (lactones) is 1. The van der Waals surface area contributed by atoms with Crippen LogP contribution in [0.5, 0.6) is 0 Å². The standard InChI is InChI=1S/C22H24FN5O4/c1-14(29)26(2)21-13-28(22(30)32-21)17-4-5-18(19(23)11-17)15-3-6-20(24-12-15)27-9-7-16(25-31)8-10-27/h3-6,11-12,16,21H,7-10,13H2,1-2H3/t21-/m0/s1. The number of ether oxygens (including phenoxy) is 1. The molecule has 0 N–H and O–H groups in total. The molecule has 2 saturated heterocycles. The van der Waals surface area contributed by atoms with Gasteiger partial charge < -0.3 is 14.5 Å². The molecular formula is C22H24FN5O4. The second-order valence-electron chi connectivity index (χ2n) is 7.97. The van der Waals surface area contributed by atoms with Gasteiger partial charge in [-0.25, -0.2) is 14.2 Å². The Morgan fingerprint density at radius 2 is 2.00 bits per heavy atom. The second-order valence-corrected chi connectivity index (χ2v) is 7.97. The number of nitroso groups, excluding NO2 is 1. The molecule has 32 heavy (non-hydrogen) atoms. The number of hydrogen-bond donors (Lipinski definition) is 0. The predicted octanol–water partition coefficient (Wildman–Crippen LogP) is 3.38. The quantitative estimate of drug-likeness (QED) is 0.660. The summed E-state index contributed by atoms with van der Waals surface area (Å²) in [7, 11) is 1.55. The molecule has 10 heteroatoms. The Morgan fingerprint density at radius 1 is 1.25 bits per heavy atom. The highest BCUT2D eigenvalue weighted by atomic mass is 19.1. The average molecular weight is 441 g/mol. The Kier molecular flexibility index (Phi) is 6.02. The Hall–Kier alpha value is -3.56. The van der Waals surface area contributed by atoms with E-state index in [1.54, 1.807) is 31.4 Å². The van der Waals surface area contributed by atoms with Gasteiger partial charge in [-0.05, 0) is 43.2 Å². The number of hydrogen-bond acceptors (Lipinski definition) is 7. The number of anilines is 2. The van der Waals surface area contributed by atoms with Crippen LogP contribution in [0.15, 0.2) is 41.7 Å². The third-order valence-electron chi connectivity index (χ3n) is 5.99. The molecule has 9 nitrogen and oxygen atoms in total. The van der Waals surface area contributed by atoms with Gasteiger partial charge in [-0.2, -0.15) is 4.91 Å². The first-order chi connectivity index (χ1) is 15.4. The molecule has 2 aliphatic rings. The number of amides is 2. The van der Waals surface area contributed by atoms with Crippen molar-refractivity contribution in [2.24, 2.45) is 5.18 Å². The summed E-state index contributed by atoms with van der Waals surface area (Å²) in [5.41, 5.74) is 1.33. The number of benzene rings is 1. The summed E-state index contributed by atoms with van der Waals surface area (Å²) < 4.78 is 20.1. The van der Waals surface area contributed by atoms with Crippen molar-refractivity contribution in [3.05, 3.63) is 47.3 Å². The van der Waals surface area contributed by atoms with Gasteiger partial charge in [0.25, 0.3) is 0 Å². The Morgan fingerprint density at radius 3 is 2.59 bits per heavy atom. The van der Waals surface area contributed by atoms with Crippen molar-refractivity contribution in [1.29, 1.82) is 0 Å². The van der Waals surface area contributed by atoms with Crippen LogP contribution >= 0.6 is 0 Å². The zero-order chi connectivity index (χ0) is 22.8. The second kappa shape index (κ2) is 8.89. The van der Waals surface area contributed by atoms with E-state index < -0.39 is 18.1 Å². The maximum Gasteiger partial charge on any atom is 0.416 e. The third kappa shape index (κ3) is 4.25. The van der Waals surface area contributed by atoms with Crippen molar-refractivity contribution in [3.8, 4) is 11.1 Å². The zero-order valence-corrected chi connectivity index (χ0v) is 17.9. The van der Waals surface area contributed by atoms with E-state index in [1.807, 2.05) is 6.07 Å². The molecule has 1 aromatic carbocycles. The first kappa shape index (κ1) is 21.7. The highest BCUT2D eigenvalue weighted by molar-refractivity contribution is 5.90. The number of nitrogens with zero attached hydrogens (tertiary/aromatic N) is 5. The van der Waals surface area contributed by atoms with Crippen LogP contribution < -0.4 is 9.80 Å². The average Bonchev–Trinajstić information content (AvgIpc) is 3.20. The largest absolute Gasteiger partial charge is 0.423 e. The summed E-state index contributed by atoms with van der Waals surface area (Å²) in [5.74, 6) is 0.0496. The molecule has 1 aromatic heterocycles. The van der Waals surface area contributed by atoms with Gasteiger partial charge in [0.1, 0.15) is 11.6 Å². The minimum atomic E-state index is -0.716. The summed E-state index contributed by atoms with van der Waals surface area (Å²) >= 11 is 0. The number of piperidine rings is 1. The van der Waals surface area contributed by atoms with E-state index in [0.717, 1.165) is 5.82 Å². The SMILES string of the molecule is CC(=O)N(C)[C@@H]1CN(c2ccc(-c3ccc(N4CCC(N=O)CC4)nc3)c(F)c2)C(=O)O1. The van der Waals surface area contributed by atoms with E-state index in [2.05, 4.69) is 15.1 Å². The van der Waals surface area contributed by atoms with Crippen LogP contribution in [-0.4, -0.2) is 60.8 Å². The van der Waals surface area contributed by atoms with E-state index >= 15 is 0 Å². The molecule has 2 amide bonds. The highest BCUT2D eigenvalue weighted by Crippen LogP contribution is 2.30. The van der Waals surface area contributed by atoms with E-state index in [1.165, 1.54) is 22.8 Å². The molecule has 2 aromatic rings. The van der Waals surface area contributed by atoms with Crippen molar-refractivity contribution in [2.75, 3.05) is 36.5 Å². The summed E-state index contributed by atoms with van der Waals surface area (Å²) in [4.78, 5) is 43.6. The molecule has 0 unspecified atom stereocenters. The number of aromatic nitrogens is 1. The fourth-order valence-electron chi connectivity index (χ4n) is 3.90. The predicted molar refractivity (Wildman–Crippen MR) is 117 cm³/mol. The van der Waals surface area contributed by atoms with Crippen molar-refractivity contribution in [1.82, 2.24) is 9.88 Å². The van der Waals surface area contributed by atoms with Gasteiger partial charge in [-0.3, -0.25) is 9.69 Å². The molecule has 2 aliphatic heterocycles. The topological polar surface area (TPSA) is 95.4 Å². The zero-order valence-electron chi connectivity index (χ0n) is 17.9. The van der Waals surface area contributed by atoms with Crippen LogP contribution in [0.2, 0.25) is 0 Å². The third-order valence-corrected chi connectivity index (χ3v) is 5.99. The van der Waals surface area contributed by atoms with E-state index in [0.29, 0.717) is 42.7 Å². The number of halogens is 1. The van der Waals surface area contributed by atoms with Gasteiger partial charge in [0.15, 0.2) is 6.23 Å². The summed E-state index contributed by atoms with van der Waals surface area (Å²) in [6, 6.07) is 8.00. The molecule has 0 radical (unpaired) electrons. The maximum absolute atomic E-state index is 14.9. The Balaban J connectivity index is 1.47. The van der Waals surface area contributed by atoms with Crippen LogP contribution in [0, 0.1) is 10.7 Å². The fraction of sp³-hybridized carbons (Fsp3) is 0.409.